The first-order valence-corrected chi connectivity index (χ1v) is 10.2. The summed E-state index contributed by atoms with van der Waals surface area (Å²) < 4.78 is 10.6. The summed E-state index contributed by atoms with van der Waals surface area (Å²) in [4.78, 5) is 22.4. The second-order valence-corrected chi connectivity index (χ2v) is 8.66. The summed E-state index contributed by atoms with van der Waals surface area (Å²) in [5, 5.41) is 10.6. The van der Waals surface area contributed by atoms with Crippen molar-refractivity contribution in [2.45, 2.75) is 85.2 Å². The fourth-order valence-corrected chi connectivity index (χ4v) is 4.23. The Kier molecular flexibility index (Phi) is 7.13. The SMILES string of the molecule is CC(=O)OCC[C@H](C)CCc1c(C)c(O)cc2c1CC[C@H](OC(C)=O)C2(C)C. The van der Waals surface area contributed by atoms with Gasteiger partial charge in [-0.1, -0.05) is 20.8 Å². The van der Waals surface area contributed by atoms with Crippen LogP contribution in [0.1, 0.15) is 76.1 Å². The Morgan fingerprint density at radius 3 is 2.54 bits per heavy atom. The van der Waals surface area contributed by atoms with Crippen molar-refractivity contribution in [2.24, 2.45) is 5.92 Å². The highest BCUT2D eigenvalue weighted by Gasteiger charge is 2.40. The van der Waals surface area contributed by atoms with Crippen LogP contribution >= 0.6 is 0 Å². The van der Waals surface area contributed by atoms with Crippen LogP contribution in [-0.4, -0.2) is 29.8 Å². The van der Waals surface area contributed by atoms with E-state index in [1.54, 1.807) is 0 Å². The van der Waals surface area contributed by atoms with Crippen LogP contribution in [0.25, 0.3) is 0 Å². The minimum absolute atomic E-state index is 0.185. The fraction of sp³-hybridized carbons (Fsp3) is 0.652. The van der Waals surface area contributed by atoms with E-state index in [9.17, 15) is 14.7 Å². The monoisotopic (exact) mass is 390 g/mol. The third-order valence-electron chi connectivity index (χ3n) is 6.07. The predicted molar refractivity (Wildman–Crippen MR) is 108 cm³/mol. The van der Waals surface area contributed by atoms with Crippen LogP contribution in [0.5, 0.6) is 5.75 Å². The Labute approximate surface area is 168 Å². The van der Waals surface area contributed by atoms with Crippen LogP contribution in [0, 0.1) is 12.8 Å². The minimum Gasteiger partial charge on any atom is -0.508 e. The normalized spacial score (nSPS) is 18.9. The molecule has 156 valence electrons. The lowest BCUT2D eigenvalue weighted by Gasteiger charge is -2.41. The molecule has 0 saturated carbocycles. The van der Waals surface area contributed by atoms with Crippen molar-refractivity contribution in [1.82, 2.24) is 0 Å². The lowest BCUT2D eigenvalue weighted by atomic mass is 9.68. The smallest absolute Gasteiger partial charge is 0.302 e. The summed E-state index contributed by atoms with van der Waals surface area (Å²) in [6.45, 7) is 11.6. The molecule has 1 aromatic carbocycles. The second-order valence-electron chi connectivity index (χ2n) is 8.66. The average Bonchev–Trinajstić information content (AvgIpc) is 2.58. The number of carbonyl (C=O) groups is 2. The Morgan fingerprint density at radius 2 is 1.93 bits per heavy atom. The highest BCUT2D eigenvalue weighted by molar-refractivity contribution is 5.66. The van der Waals surface area contributed by atoms with Gasteiger partial charge >= 0.3 is 11.9 Å². The van der Waals surface area contributed by atoms with E-state index in [4.69, 9.17) is 9.47 Å². The molecule has 0 spiro atoms. The van der Waals surface area contributed by atoms with Gasteiger partial charge in [-0.3, -0.25) is 9.59 Å². The number of aromatic hydroxyl groups is 1. The van der Waals surface area contributed by atoms with Crippen molar-refractivity contribution in [3.05, 3.63) is 28.3 Å². The summed E-state index contributed by atoms with van der Waals surface area (Å²) in [5.74, 6) is 0.217. The summed E-state index contributed by atoms with van der Waals surface area (Å²) in [5.41, 5.74) is 4.17. The molecular weight excluding hydrogens is 356 g/mol. The highest BCUT2D eigenvalue weighted by atomic mass is 16.5. The minimum atomic E-state index is -0.347. The molecule has 0 aliphatic heterocycles. The molecule has 0 saturated heterocycles. The molecule has 28 heavy (non-hydrogen) atoms. The Balaban J connectivity index is 2.22. The second kappa shape index (κ2) is 8.97. The lowest BCUT2D eigenvalue weighted by molar-refractivity contribution is -0.150. The number of hydrogen-bond acceptors (Lipinski definition) is 5. The van der Waals surface area contributed by atoms with Crippen molar-refractivity contribution in [3.8, 4) is 5.75 Å². The van der Waals surface area contributed by atoms with Gasteiger partial charge in [-0.05, 0) is 73.3 Å². The van der Waals surface area contributed by atoms with Crippen LogP contribution in [0.15, 0.2) is 6.07 Å². The van der Waals surface area contributed by atoms with Gasteiger partial charge in [0.1, 0.15) is 11.9 Å². The van der Waals surface area contributed by atoms with E-state index in [1.165, 1.54) is 25.0 Å². The van der Waals surface area contributed by atoms with E-state index in [1.807, 2.05) is 13.0 Å². The quantitative estimate of drug-likeness (QED) is 0.700. The predicted octanol–water partition coefficient (Wildman–Crippen LogP) is 4.38. The molecule has 0 heterocycles. The van der Waals surface area contributed by atoms with Gasteiger partial charge in [0, 0.05) is 19.3 Å². The standard InChI is InChI=1S/C23H34O5/c1-14(11-12-27-16(3)24)7-8-18-15(2)21(26)13-20-19(18)9-10-22(23(20,5)6)28-17(4)25/h13-14,22,26H,7-12H2,1-6H3/t14-,22+/m1/s1. The summed E-state index contributed by atoms with van der Waals surface area (Å²) in [6.07, 6.45) is 4.12. The third-order valence-corrected chi connectivity index (χ3v) is 6.07. The van der Waals surface area contributed by atoms with E-state index in [2.05, 4.69) is 20.8 Å². The zero-order valence-corrected chi connectivity index (χ0v) is 18.1. The highest BCUT2D eigenvalue weighted by Crippen LogP contribution is 2.43. The molecule has 0 bridgehead atoms. The first kappa shape index (κ1) is 22.3. The number of hydrogen-bond donors (Lipinski definition) is 1. The first-order valence-electron chi connectivity index (χ1n) is 10.2. The molecule has 1 aliphatic carbocycles. The van der Waals surface area contributed by atoms with Crippen molar-refractivity contribution >= 4 is 11.9 Å². The Bertz CT molecular complexity index is 735. The number of rotatable bonds is 7. The van der Waals surface area contributed by atoms with E-state index >= 15 is 0 Å². The molecule has 0 unspecified atom stereocenters. The van der Waals surface area contributed by atoms with Gasteiger partial charge in [0.25, 0.3) is 0 Å². The summed E-state index contributed by atoms with van der Waals surface area (Å²) in [6, 6.07) is 1.86. The maximum absolute atomic E-state index is 11.5. The molecule has 2 atom stereocenters. The molecule has 1 N–H and O–H groups in total. The zero-order chi connectivity index (χ0) is 21.1. The molecule has 0 aromatic heterocycles. The zero-order valence-electron chi connectivity index (χ0n) is 18.1. The number of phenolic OH excluding ortho intramolecular Hbond substituents is 1. The van der Waals surface area contributed by atoms with Crippen molar-refractivity contribution in [1.29, 1.82) is 0 Å². The molecule has 1 aliphatic rings. The van der Waals surface area contributed by atoms with Gasteiger partial charge < -0.3 is 14.6 Å². The first-order chi connectivity index (χ1) is 13.0. The topological polar surface area (TPSA) is 72.8 Å². The molecule has 0 amide bonds. The van der Waals surface area contributed by atoms with Gasteiger partial charge in [-0.25, -0.2) is 0 Å². The van der Waals surface area contributed by atoms with Crippen molar-refractivity contribution in [2.75, 3.05) is 6.61 Å². The third kappa shape index (κ3) is 5.06. The largest absolute Gasteiger partial charge is 0.508 e. The van der Waals surface area contributed by atoms with Gasteiger partial charge in [-0.2, -0.15) is 0 Å². The van der Waals surface area contributed by atoms with Crippen LogP contribution in [0.2, 0.25) is 0 Å². The number of ether oxygens (including phenoxy) is 2. The lowest BCUT2D eigenvalue weighted by Crippen LogP contribution is -2.41. The molecule has 5 heteroatoms. The van der Waals surface area contributed by atoms with Gasteiger partial charge in [0.05, 0.1) is 6.61 Å². The van der Waals surface area contributed by atoms with E-state index in [0.29, 0.717) is 18.3 Å². The maximum Gasteiger partial charge on any atom is 0.302 e. The average molecular weight is 391 g/mol. The molecule has 2 rings (SSSR count). The van der Waals surface area contributed by atoms with Gasteiger partial charge in [-0.15, -0.1) is 0 Å². The summed E-state index contributed by atoms with van der Waals surface area (Å²) >= 11 is 0. The van der Waals surface area contributed by atoms with Crippen LogP contribution in [-0.2, 0) is 37.3 Å². The molecule has 5 nitrogen and oxygen atoms in total. The Morgan fingerprint density at radius 1 is 1.25 bits per heavy atom. The molecule has 0 radical (unpaired) electrons. The van der Waals surface area contributed by atoms with Gasteiger partial charge in [0.15, 0.2) is 0 Å². The molecular formula is C23H34O5. The molecule has 1 aromatic rings. The van der Waals surface area contributed by atoms with Crippen LogP contribution < -0.4 is 0 Å². The van der Waals surface area contributed by atoms with Crippen molar-refractivity contribution < 1.29 is 24.2 Å². The van der Waals surface area contributed by atoms with Crippen LogP contribution in [0.3, 0.4) is 0 Å². The van der Waals surface area contributed by atoms with E-state index < -0.39 is 0 Å². The number of benzene rings is 1. The number of phenols is 1. The molecule has 0 fully saturated rings. The van der Waals surface area contributed by atoms with Crippen LogP contribution in [0.4, 0.5) is 0 Å². The fourth-order valence-electron chi connectivity index (χ4n) is 4.23. The van der Waals surface area contributed by atoms with Crippen molar-refractivity contribution in [3.63, 3.8) is 0 Å². The van der Waals surface area contributed by atoms with E-state index in [-0.39, 0.29) is 23.5 Å². The van der Waals surface area contributed by atoms with Gasteiger partial charge in [0.2, 0.25) is 0 Å². The number of fused-ring (bicyclic) bond motifs is 1. The number of esters is 2. The maximum atomic E-state index is 11.5. The Hall–Kier alpha value is -2.04. The number of carbonyl (C=O) groups excluding carboxylic acids is 2. The summed E-state index contributed by atoms with van der Waals surface area (Å²) in [7, 11) is 0. The van der Waals surface area contributed by atoms with E-state index in [0.717, 1.165) is 43.2 Å².